The van der Waals surface area contributed by atoms with Gasteiger partial charge in [-0.15, -0.1) is 11.6 Å². The predicted molar refractivity (Wildman–Crippen MR) is 78.1 cm³/mol. The second-order valence-electron chi connectivity index (χ2n) is 5.79. The van der Waals surface area contributed by atoms with Gasteiger partial charge in [0.2, 0.25) is 11.8 Å². The van der Waals surface area contributed by atoms with Gasteiger partial charge >= 0.3 is 5.97 Å². The number of imide groups is 1. The van der Waals surface area contributed by atoms with Crippen molar-refractivity contribution in [1.29, 1.82) is 0 Å². The van der Waals surface area contributed by atoms with Crippen molar-refractivity contribution in [2.45, 2.75) is 44.6 Å². The van der Waals surface area contributed by atoms with Crippen LogP contribution >= 0.6 is 11.6 Å². The summed E-state index contributed by atoms with van der Waals surface area (Å²) >= 11 is 5.45. The highest BCUT2D eigenvalue weighted by molar-refractivity contribution is 6.27. The molecule has 0 N–H and O–H groups in total. The number of nitrogens with zero attached hydrogens (tertiary/aromatic N) is 1. The third-order valence-electron chi connectivity index (χ3n) is 4.51. The summed E-state index contributed by atoms with van der Waals surface area (Å²) in [6, 6.07) is -1.03. The summed E-state index contributed by atoms with van der Waals surface area (Å²) in [6.45, 7) is 0. The molecule has 0 aromatic heterocycles. The number of ether oxygens (including phenoxy) is 1. The van der Waals surface area contributed by atoms with E-state index in [2.05, 4.69) is 0 Å². The van der Waals surface area contributed by atoms with Crippen molar-refractivity contribution in [3.05, 3.63) is 0 Å². The Labute approximate surface area is 134 Å². The maximum Gasteiger partial charge on any atom is 0.329 e. The van der Waals surface area contributed by atoms with Crippen LogP contribution in [-0.2, 0) is 23.9 Å². The number of likely N-dealkylation sites (tertiary alicyclic amines) is 1. The van der Waals surface area contributed by atoms with Crippen molar-refractivity contribution in [2.75, 3.05) is 13.0 Å². The van der Waals surface area contributed by atoms with E-state index in [0.29, 0.717) is 12.8 Å². The lowest BCUT2D eigenvalue weighted by molar-refractivity contribution is -0.157. The van der Waals surface area contributed by atoms with Crippen LogP contribution in [0.25, 0.3) is 0 Å². The molecular weight excluding hydrogens is 310 g/mol. The first kappa shape index (κ1) is 16.9. The largest absolute Gasteiger partial charge is 0.467 e. The van der Waals surface area contributed by atoms with E-state index in [1.54, 1.807) is 0 Å². The van der Waals surface area contributed by atoms with Crippen LogP contribution in [0.2, 0.25) is 0 Å². The van der Waals surface area contributed by atoms with Crippen LogP contribution in [0.4, 0.5) is 0 Å². The molecule has 3 atom stereocenters. The first-order valence-corrected chi connectivity index (χ1v) is 8.07. The molecule has 2 fully saturated rings. The zero-order chi connectivity index (χ0) is 16.3. The zero-order valence-electron chi connectivity index (χ0n) is 12.5. The van der Waals surface area contributed by atoms with E-state index in [-0.39, 0.29) is 48.2 Å². The van der Waals surface area contributed by atoms with Gasteiger partial charge in [-0.2, -0.15) is 0 Å². The van der Waals surface area contributed by atoms with E-state index in [9.17, 15) is 19.2 Å². The summed E-state index contributed by atoms with van der Waals surface area (Å²) < 4.78 is 4.71. The molecule has 1 heterocycles. The zero-order valence-corrected chi connectivity index (χ0v) is 13.3. The molecule has 1 aliphatic carbocycles. The van der Waals surface area contributed by atoms with Crippen LogP contribution in [0, 0.1) is 11.8 Å². The number of esters is 1. The molecule has 2 rings (SSSR count). The van der Waals surface area contributed by atoms with Crippen molar-refractivity contribution in [1.82, 2.24) is 4.90 Å². The molecule has 1 saturated heterocycles. The van der Waals surface area contributed by atoms with Crippen LogP contribution < -0.4 is 0 Å². The molecule has 122 valence electrons. The van der Waals surface area contributed by atoms with Gasteiger partial charge in [-0.3, -0.25) is 19.3 Å². The van der Waals surface area contributed by atoms with E-state index in [4.69, 9.17) is 16.3 Å². The molecule has 7 heteroatoms. The number of rotatable bonds is 6. The summed E-state index contributed by atoms with van der Waals surface area (Å²) in [4.78, 5) is 49.4. The minimum Gasteiger partial charge on any atom is -0.467 e. The predicted octanol–water partition coefficient (Wildman–Crippen LogP) is 1.29. The quantitative estimate of drug-likeness (QED) is 0.417. The second-order valence-corrected chi connectivity index (χ2v) is 6.06. The Balaban J connectivity index is 2.19. The number of fused-ring (bicyclic) bond motifs is 1. The minimum absolute atomic E-state index is 0.0374. The van der Waals surface area contributed by atoms with E-state index in [1.165, 1.54) is 7.11 Å². The fourth-order valence-corrected chi connectivity index (χ4v) is 3.48. The van der Waals surface area contributed by atoms with Gasteiger partial charge in [0.1, 0.15) is 11.8 Å². The van der Waals surface area contributed by atoms with Crippen LogP contribution in [0.3, 0.4) is 0 Å². The van der Waals surface area contributed by atoms with Crippen LogP contribution in [0.1, 0.15) is 38.5 Å². The van der Waals surface area contributed by atoms with Crippen molar-refractivity contribution in [2.24, 2.45) is 11.8 Å². The van der Waals surface area contributed by atoms with E-state index in [0.717, 1.165) is 17.7 Å². The van der Waals surface area contributed by atoms with Crippen molar-refractivity contribution in [3.63, 3.8) is 0 Å². The van der Waals surface area contributed by atoms with Gasteiger partial charge in [0.25, 0.3) is 0 Å². The van der Waals surface area contributed by atoms with E-state index in [1.807, 2.05) is 0 Å². The lowest BCUT2D eigenvalue weighted by Gasteiger charge is -2.24. The maximum atomic E-state index is 12.5. The number of hydrogen-bond acceptors (Lipinski definition) is 5. The Kier molecular flexibility index (Phi) is 5.56. The molecule has 3 unspecified atom stereocenters. The highest BCUT2D eigenvalue weighted by Crippen LogP contribution is 2.39. The molecule has 0 bridgehead atoms. The standard InChI is InChI=1S/C15H20ClNO5/c1-22-15(21)12(7-6-9(18)8-16)17-13(19)10-4-2-3-5-11(10)14(17)20/h10-12H,2-8H2,1H3. The smallest absolute Gasteiger partial charge is 0.329 e. The Morgan fingerprint density at radius 2 is 1.77 bits per heavy atom. The summed E-state index contributed by atoms with van der Waals surface area (Å²) in [7, 11) is 1.21. The topological polar surface area (TPSA) is 80.8 Å². The number of alkyl halides is 1. The number of hydrogen-bond donors (Lipinski definition) is 0. The van der Waals surface area contributed by atoms with Gasteiger partial charge < -0.3 is 4.74 Å². The van der Waals surface area contributed by atoms with Crippen LogP contribution in [-0.4, -0.2) is 47.5 Å². The Morgan fingerprint density at radius 3 is 2.23 bits per heavy atom. The number of Topliss-reactive ketones (excluding diaryl/α,β-unsaturated/α-hetero) is 1. The molecular formula is C15H20ClNO5. The second kappa shape index (κ2) is 7.22. The van der Waals surface area contributed by atoms with Gasteiger partial charge in [0, 0.05) is 6.42 Å². The number of halogens is 1. The third-order valence-corrected chi connectivity index (χ3v) is 4.80. The number of carbonyl (C=O) groups is 4. The molecule has 1 saturated carbocycles. The normalized spacial score (nSPS) is 25.8. The molecule has 2 aliphatic rings. The monoisotopic (exact) mass is 329 g/mol. The number of amides is 2. The highest BCUT2D eigenvalue weighted by Gasteiger charge is 2.52. The van der Waals surface area contributed by atoms with Crippen molar-refractivity contribution >= 4 is 35.2 Å². The van der Waals surface area contributed by atoms with Crippen molar-refractivity contribution < 1.29 is 23.9 Å². The Morgan fingerprint density at radius 1 is 1.23 bits per heavy atom. The van der Waals surface area contributed by atoms with Gasteiger partial charge in [-0.25, -0.2) is 4.79 Å². The van der Waals surface area contributed by atoms with Gasteiger partial charge in [-0.05, 0) is 19.3 Å². The summed E-state index contributed by atoms with van der Waals surface area (Å²) in [5.74, 6) is -2.29. The third kappa shape index (κ3) is 3.16. The Hall–Kier alpha value is -1.43. The molecule has 6 nitrogen and oxygen atoms in total. The summed E-state index contributed by atoms with van der Waals surface area (Å²) in [5.41, 5.74) is 0. The SMILES string of the molecule is COC(=O)C(CCC(=O)CCl)N1C(=O)C2CCCCC2C1=O. The fourth-order valence-electron chi connectivity index (χ4n) is 3.35. The van der Waals surface area contributed by atoms with E-state index >= 15 is 0 Å². The van der Waals surface area contributed by atoms with Gasteiger partial charge in [0.05, 0.1) is 24.8 Å². The highest BCUT2D eigenvalue weighted by atomic mass is 35.5. The maximum absolute atomic E-state index is 12.5. The first-order chi connectivity index (χ1) is 10.5. The summed E-state index contributed by atoms with van der Waals surface area (Å²) in [6.07, 6.45) is 3.30. The Bertz CT molecular complexity index is 468. The molecule has 0 aromatic rings. The summed E-state index contributed by atoms with van der Waals surface area (Å²) in [5, 5.41) is 0. The molecule has 0 radical (unpaired) electrons. The minimum atomic E-state index is -1.03. The molecule has 0 aromatic carbocycles. The van der Waals surface area contributed by atoms with Crippen LogP contribution in [0.5, 0.6) is 0 Å². The number of methoxy groups -OCH3 is 1. The van der Waals surface area contributed by atoms with Crippen LogP contribution in [0.15, 0.2) is 0 Å². The number of carbonyl (C=O) groups excluding carboxylic acids is 4. The van der Waals surface area contributed by atoms with Crippen molar-refractivity contribution in [3.8, 4) is 0 Å². The average molecular weight is 330 g/mol. The number of ketones is 1. The van der Waals surface area contributed by atoms with E-state index < -0.39 is 12.0 Å². The fraction of sp³-hybridized carbons (Fsp3) is 0.733. The first-order valence-electron chi connectivity index (χ1n) is 7.53. The molecule has 2 amide bonds. The molecule has 0 spiro atoms. The lowest BCUT2D eigenvalue weighted by Crippen LogP contribution is -2.46. The molecule has 22 heavy (non-hydrogen) atoms. The average Bonchev–Trinajstić information content (AvgIpc) is 2.79. The van der Waals surface area contributed by atoms with Gasteiger partial charge in [0.15, 0.2) is 0 Å². The van der Waals surface area contributed by atoms with Gasteiger partial charge in [-0.1, -0.05) is 12.8 Å². The lowest BCUT2D eigenvalue weighted by atomic mass is 9.81. The molecule has 1 aliphatic heterocycles.